The molecular formula is C19H17ClN2OS. The summed E-state index contributed by atoms with van der Waals surface area (Å²) in [7, 11) is 0. The molecule has 122 valence electrons. The molecule has 1 heterocycles. The standard InChI is InChI=1S/C19H17ClN2OS/c1-13-19(15-7-9-16(20)10-8-15)22-18(24-13)11-17(23)21-12-14-5-3-2-4-6-14/h2-10H,11-12H2,1H3,(H,21,23). The van der Waals surface area contributed by atoms with Crippen molar-refractivity contribution in [3.63, 3.8) is 0 Å². The van der Waals surface area contributed by atoms with Crippen molar-refractivity contribution in [2.24, 2.45) is 0 Å². The summed E-state index contributed by atoms with van der Waals surface area (Å²) in [6.07, 6.45) is 0.298. The molecule has 1 amide bonds. The van der Waals surface area contributed by atoms with E-state index in [2.05, 4.69) is 10.3 Å². The van der Waals surface area contributed by atoms with Gasteiger partial charge in [-0.2, -0.15) is 0 Å². The molecular weight excluding hydrogens is 340 g/mol. The van der Waals surface area contributed by atoms with Gasteiger partial charge in [0.15, 0.2) is 0 Å². The van der Waals surface area contributed by atoms with Gasteiger partial charge in [-0.25, -0.2) is 4.98 Å². The second-order valence-corrected chi connectivity index (χ2v) is 7.18. The van der Waals surface area contributed by atoms with Crippen molar-refractivity contribution in [3.05, 3.63) is 75.1 Å². The molecule has 0 aliphatic heterocycles. The van der Waals surface area contributed by atoms with Crippen LogP contribution in [-0.4, -0.2) is 10.9 Å². The van der Waals surface area contributed by atoms with E-state index in [0.29, 0.717) is 18.0 Å². The summed E-state index contributed by atoms with van der Waals surface area (Å²) in [6, 6.07) is 17.5. The van der Waals surface area contributed by atoms with Gasteiger partial charge < -0.3 is 5.32 Å². The Bertz CT molecular complexity index is 828. The molecule has 3 aromatic rings. The predicted octanol–water partition coefficient (Wildman–Crippen LogP) is 4.63. The monoisotopic (exact) mass is 356 g/mol. The van der Waals surface area contributed by atoms with Crippen LogP contribution in [-0.2, 0) is 17.8 Å². The first kappa shape index (κ1) is 16.7. The van der Waals surface area contributed by atoms with Crippen LogP contribution in [0.25, 0.3) is 11.3 Å². The molecule has 1 aromatic heterocycles. The van der Waals surface area contributed by atoms with Crippen molar-refractivity contribution >= 4 is 28.8 Å². The van der Waals surface area contributed by atoms with Crippen LogP contribution < -0.4 is 5.32 Å². The maximum atomic E-state index is 12.1. The number of thiazole rings is 1. The van der Waals surface area contributed by atoms with Crippen molar-refractivity contribution in [1.82, 2.24) is 10.3 Å². The number of carbonyl (C=O) groups is 1. The van der Waals surface area contributed by atoms with Crippen LogP contribution in [0.5, 0.6) is 0 Å². The fourth-order valence-electron chi connectivity index (χ4n) is 2.40. The van der Waals surface area contributed by atoms with Gasteiger partial charge >= 0.3 is 0 Å². The van der Waals surface area contributed by atoms with Crippen LogP contribution >= 0.6 is 22.9 Å². The molecule has 0 atom stereocenters. The molecule has 0 bridgehead atoms. The Hall–Kier alpha value is -2.17. The van der Waals surface area contributed by atoms with E-state index >= 15 is 0 Å². The first-order chi connectivity index (χ1) is 11.6. The van der Waals surface area contributed by atoms with E-state index in [1.165, 1.54) is 0 Å². The van der Waals surface area contributed by atoms with E-state index in [1.807, 2.05) is 61.5 Å². The van der Waals surface area contributed by atoms with Crippen molar-refractivity contribution < 1.29 is 4.79 Å². The lowest BCUT2D eigenvalue weighted by molar-refractivity contribution is -0.120. The Kier molecular flexibility index (Phi) is 5.28. The van der Waals surface area contributed by atoms with Gasteiger partial charge in [-0.15, -0.1) is 11.3 Å². The van der Waals surface area contributed by atoms with E-state index in [-0.39, 0.29) is 5.91 Å². The summed E-state index contributed by atoms with van der Waals surface area (Å²) < 4.78 is 0. The number of halogens is 1. The first-order valence-corrected chi connectivity index (χ1v) is 8.84. The van der Waals surface area contributed by atoms with Gasteiger partial charge in [0, 0.05) is 22.0 Å². The smallest absolute Gasteiger partial charge is 0.227 e. The Morgan fingerprint density at radius 2 is 1.83 bits per heavy atom. The molecule has 1 N–H and O–H groups in total. The Balaban J connectivity index is 1.64. The molecule has 0 saturated heterocycles. The second-order valence-electron chi connectivity index (χ2n) is 5.46. The topological polar surface area (TPSA) is 42.0 Å². The number of hydrogen-bond acceptors (Lipinski definition) is 3. The van der Waals surface area contributed by atoms with Crippen molar-refractivity contribution in [1.29, 1.82) is 0 Å². The van der Waals surface area contributed by atoms with Gasteiger partial charge in [0.1, 0.15) is 5.01 Å². The van der Waals surface area contributed by atoms with Crippen LogP contribution in [0.2, 0.25) is 5.02 Å². The van der Waals surface area contributed by atoms with Crippen LogP contribution in [0.3, 0.4) is 0 Å². The molecule has 0 spiro atoms. The zero-order chi connectivity index (χ0) is 16.9. The van der Waals surface area contributed by atoms with E-state index < -0.39 is 0 Å². The molecule has 0 aliphatic carbocycles. The number of aryl methyl sites for hydroxylation is 1. The second kappa shape index (κ2) is 7.60. The van der Waals surface area contributed by atoms with Gasteiger partial charge in [-0.05, 0) is 24.6 Å². The lowest BCUT2D eigenvalue weighted by Gasteiger charge is -2.03. The highest BCUT2D eigenvalue weighted by Gasteiger charge is 2.12. The minimum absolute atomic E-state index is 0.0183. The Morgan fingerprint density at radius 1 is 1.12 bits per heavy atom. The normalized spacial score (nSPS) is 10.6. The SMILES string of the molecule is Cc1sc(CC(=O)NCc2ccccc2)nc1-c1ccc(Cl)cc1. The molecule has 2 aromatic carbocycles. The molecule has 0 radical (unpaired) electrons. The summed E-state index contributed by atoms with van der Waals surface area (Å²) in [5.74, 6) is -0.0183. The fraction of sp³-hybridized carbons (Fsp3) is 0.158. The molecule has 24 heavy (non-hydrogen) atoms. The summed E-state index contributed by atoms with van der Waals surface area (Å²) in [4.78, 5) is 17.8. The summed E-state index contributed by atoms with van der Waals surface area (Å²) >= 11 is 7.49. The summed E-state index contributed by atoms with van der Waals surface area (Å²) in [5, 5.41) is 4.46. The lowest BCUT2D eigenvalue weighted by atomic mass is 10.1. The van der Waals surface area contributed by atoms with Crippen LogP contribution in [0.4, 0.5) is 0 Å². The quantitative estimate of drug-likeness (QED) is 0.724. The highest BCUT2D eigenvalue weighted by atomic mass is 35.5. The first-order valence-electron chi connectivity index (χ1n) is 7.64. The number of nitrogens with one attached hydrogen (secondary N) is 1. The fourth-order valence-corrected chi connectivity index (χ4v) is 3.48. The lowest BCUT2D eigenvalue weighted by Crippen LogP contribution is -2.24. The van der Waals surface area contributed by atoms with Gasteiger partial charge in [0.2, 0.25) is 5.91 Å². The third-order valence-corrected chi connectivity index (χ3v) is 4.83. The third kappa shape index (κ3) is 4.22. The van der Waals surface area contributed by atoms with Crippen molar-refractivity contribution in [2.45, 2.75) is 19.9 Å². The maximum absolute atomic E-state index is 12.1. The zero-order valence-corrected chi connectivity index (χ0v) is 14.8. The van der Waals surface area contributed by atoms with E-state index in [9.17, 15) is 4.79 Å². The summed E-state index contributed by atoms with van der Waals surface area (Å²) in [5.41, 5.74) is 3.02. The number of rotatable bonds is 5. The number of carbonyl (C=O) groups excluding carboxylic acids is 1. The Morgan fingerprint density at radius 3 is 2.54 bits per heavy atom. The molecule has 5 heteroatoms. The maximum Gasteiger partial charge on any atom is 0.227 e. The summed E-state index contributed by atoms with van der Waals surface area (Å²) in [6.45, 7) is 2.56. The van der Waals surface area contributed by atoms with E-state index in [0.717, 1.165) is 26.7 Å². The van der Waals surface area contributed by atoms with E-state index in [1.54, 1.807) is 11.3 Å². The van der Waals surface area contributed by atoms with Gasteiger partial charge in [0.25, 0.3) is 0 Å². The molecule has 0 unspecified atom stereocenters. The molecule has 3 rings (SSSR count). The third-order valence-electron chi connectivity index (χ3n) is 3.60. The minimum atomic E-state index is -0.0183. The highest BCUT2D eigenvalue weighted by Crippen LogP contribution is 2.28. The molecule has 0 saturated carbocycles. The van der Waals surface area contributed by atoms with Crippen LogP contribution in [0.1, 0.15) is 15.4 Å². The van der Waals surface area contributed by atoms with Crippen LogP contribution in [0, 0.1) is 6.92 Å². The minimum Gasteiger partial charge on any atom is -0.352 e. The van der Waals surface area contributed by atoms with Gasteiger partial charge in [-0.3, -0.25) is 4.79 Å². The highest BCUT2D eigenvalue weighted by molar-refractivity contribution is 7.12. The number of aromatic nitrogens is 1. The molecule has 0 aliphatic rings. The Labute approximate surface area is 150 Å². The molecule has 3 nitrogen and oxygen atoms in total. The van der Waals surface area contributed by atoms with Gasteiger partial charge in [-0.1, -0.05) is 54.1 Å². The number of hydrogen-bond donors (Lipinski definition) is 1. The number of benzene rings is 2. The number of nitrogens with zero attached hydrogens (tertiary/aromatic N) is 1. The van der Waals surface area contributed by atoms with Gasteiger partial charge in [0.05, 0.1) is 12.1 Å². The largest absolute Gasteiger partial charge is 0.352 e. The number of amides is 1. The van der Waals surface area contributed by atoms with Crippen molar-refractivity contribution in [2.75, 3.05) is 0 Å². The van der Waals surface area contributed by atoms with Crippen LogP contribution in [0.15, 0.2) is 54.6 Å². The zero-order valence-electron chi connectivity index (χ0n) is 13.3. The van der Waals surface area contributed by atoms with E-state index in [4.69, 9.17) is 11.6 Å². The van der Waals surface area contributed by atoms with Crippen molar-refractivity contribution in [3.8, 4) is 11.3 Å². The predicted molar refractivity (Wildman–Crippen MR) is 99.3 cm³/mol. The average molecular weight is 357 g/mol. The average Bonchev–Trinajstić information content (AvgIpc) is 2.95. The molecule has 0 fully saturated rings.